The number of hydrogen-bond donors (Lipinski definition) is 2. The average Bonchev–Trinajstić information content (AvgIpc) is 2.78. The van der Waals surface area contributed by atoms with Crippen LogP contribution in [-0.4, -0.2) is 16.6 Å². The minimum absolute atomic E-state index is 0.123. The highest BCUT2D eigenvalue weighted by Gasteiger charge is 2.18. The van der Waals surface area contributed by atoms with Gasteiger partial charge in [0.25, 0.3) is 0 Å². The standard InChI is InChI=1S/C13H15F2N3O/c1-13(2,16)11-17-7-10(18-11)8-3-5-9(6-4-8)19-12(14)15/h3-7,12H,16H2,1-2H3,(H,17,18). The van der Waals surface area contributed by atoms with E-state index in [0.29, 0.717) is 5.82 Å². The van der Waals surface area contributed by atoms with Gasteiger partial charge in [0, 0.05) is 0 Å². The van der Waals surface area contributed by atoms with E-state index in [4.69, 9.17) is 5.73 Å². The molecule has 1 aromatic carbocycles. The van der Waals surface area contributed by atoms with Crippen molar-refractivity contribution in [3.8, 4) is 17.0 Å². The van der Waals surface area contributed by atoms with E-state index in [1.165, 1.54) is 12.1 Å². The van der Waals surface area contributed by atoms with Crippen molar-refractivity contribution in [1.29, 1.82) is 0 Å². The van der Waals surface area contributed by atoms with E-state index in [-0.39, 0.29) is 5.75 Å². The molecule has 0 aliphatic rings. The molecule has 2 aromatic rings. The van der Waals surface area contributed by atoms with Crippen LogP contribution in [0.5, 0.6) is 5.75 Å². The van der Waals surface area contributed by atoms with E-state index in [0.717, 1.165) is 11.3 Å². The van der Waals surface area contributed by atoms with Gasteiger partial charge in [-0.25, -0.2) is 4.98 Å². The lowest BCUT2D eigenvalue weighted by Gasteiger charge is -2.14. The molecule has 0 spiro atoms. The zero-order valence-corrected chi connectivity index (χ0v) is 10.7. The molecule has 0 fully saturated rings. The Morgan fingerprint density at radius 3 is 2.37 bits per heavy atom. The van der Waals surface area contributed by atoms with Crippen molar-refractivity contribution in [3.63, 3.8) is 0 Å². The average molecular weight is 267 g/mol. The first-order valence-electron chi connectivity index (χ1n) is 5.76. The molecule has 0 aliphatic carbocycles. The van der Waals surface area contributed by atoms with Gasteiger partial charge < -0.3 is 15.5 Å². The van der Waals surface area contributed by atoms with Gasteiger partial charge in [-0.1, -0.05) is 0 Å². The maximum absolute atomic E-state index is 12.0. The number of aromatic amines is 1. The van der Waals surface area contributed by atoms with E-state index < -0.39 is 12.2 Å². The van der Waals surface area contributed by atoms with Crippen molar-refractivity contribution in [2.24, 2.45) is 5.73 Å². The van der Waals surface area contributed by atoms with Crippen molar-refractivity contribution in [1.82, 2.24) is 9.97 Å². The molecule has 1 heterocycles. The molecule has 3 N–H and O–H groups in total. The Bertz CT molecular complexity index is 544. The van der Waals surface area contributed by atoms with Gasteiger partial charge in [0.15, 0.2) is 0 Å². The highest BCUT2D eigenvalue weighted by atomic mass is 19.3. The monoisotopic (exact) mass is 267 g/mol. The fourth-order valence-corrected chi connectivity index (χ4v) is 1.61. The molecule has 0 bridgehead atoms. The number of halogens is 2. The molecule has 0 aliphatic heterocycles. The number of nitrogens with one attached hydrogen (secondary N) is 1. The summed E-state index contributed by atoms with van der Waals surface area (Å²) in [5.74, 6) is 0.785. The fourth-order valence-electron chi connectivity index (χ4n) is 1.61. The molecule has 0 saturated carbocycles. The second-order valence-electron chi connectivity index (χ2n) is 4.77. The van der Waals surface area contributed by atoms with Crippen LogP contribution < -0.4 is 10.5 Å². The molecule has 102 valence electrons. The van der Waals surface area contributed by atoms with E-state index in [1.807, 2.05) is 13.8 Å². The number of imidazole rings is 1. The van der Waals surface area contributed by atoms with Gasteiger partial charge in [0.05, 0.1) is 17.4 Å². The molecular weight excluding hydrogens is 252 g/mol. The lowest BCUT2D eigenvalue weighted by atomic mass is 10.1. The van der Waals surface area contributed by atoms with Crippen LogP contribution in [-0.2, 0) is 5.54 Å². The first kappa shape index (κ1) is 13.5. The van der Waals surface area contributed by atoms with Crippen LogP contribution in [0.1, 0.15) is 19.7 Å². The second-order valence-corrected chi connectivity index (χ2v) is 4.77. The van der Waals surface area contributed by atoms with Crippen LogP contribution in [0.2, 0.25) is 0 Å². The molecule has 0 atom stereocenters. The number of hydrogen-bond acceptors (Lipinski definition) is 3. The van der Waals surface area contributed by atoms with E-state index in [1.54, 1.807) is 18.3 Å². The van der Waals surface area contributed by atoms with Gasteiger partial charge >= 0.3 is 6.61 Å². The SMILES string of the molecule is CC(C)(N)c1ncc(-c2ccc(OC(F)F)cc2)[nH]1. The van der Waals surface area contributed by atoms with Gasteiger partial charge in [-0.15, -0.1) is 0 Å². The molecule has 6 heteroatoms. The molecule has 0 radical (unpaired) electrons. The summed E-state index contributed by atoms with van der Waals surface area (Å²) < 4.78 is 28.3. The molecule has 1 aromatic heterocycles. The summed E-state index contributed by atoms with van der Waals surface area (Å²) in [7, 11) is 0. The van der Waals surface area contributed by atoms with E-state index in [9.17, 15) is 8.78 Å². The van der Waals surface area contributed by atoms with E-state index >= 15 is 0 Å². The minimum Gasteiger partial charge on any atom is -0.435 e. The number of benzene rings is 1. The second kappa shape index (κ2) is 4.97. The van der Waals surface area contributed by atoms with Gasteiger partial charge in [-0.2, -0.15) is 8.78 Å². The van der Waals surface area contributed by atoms with Crippen molar-refractivity contribution in [3.05, 3.63) is 36.3 Å². The lowest BCUT2D eigenvalue weighted by molar-refractivity contribution is -0.0498. The summed E-state index contributed by atoms with van der Waals surface area (Å²) >= 11 is 0. The van der Waals surface area contributed by atoms with Crippen molar-refractivity contribution in [2.45, 2.75) is 26.0 Å². The smallest absolute Gasteiger partial charge is 0.387 e. The molecule has 4 nitrogen and oxygen atoms in total. The third-order valence-electron chi connectivity index (χ3n) is 2.58. The topological polar surface area (TPSA) is 63.9 Å². The summed E-state index contributed by atoms with van der Waals surface area (Å²) in [5, 5.41) is 0. The van der Waals surface area contributed by atoms with Gasteiger partial charge in [-0.05, 0) is 43.7 Å². The maximum atomic E-state index is 12.0. The van der Waals surface area contributed by atoms with Crippen LogP contribution in [0.15, 0.2) is 30.5 Å². The predicted molar refractivity (Wildman–Crippen MR) is 67.9 cm³/mol. The van der Waals surface area contributed by atoms with E-state index in [2.05, 4.69) is 14.7 Å². The number of H-pyrrole nitrogens is 1. The zero-order valence-electron chi connectivity index (χ0n) is 10.7. The number of aromatic nitrogens is 2. The Balaban J connectivity index is 2.20. The van der Waals surface area contributed by atoms with Gasteiger partial charge in [-0.3, -0.25) is 0 Å². The summed E-state index contributed by atoms with van der Waals surface area (Å²) in [6, 6.07) is 6.32. The highest BCUT2D eigenvalue weighted by molar-refractivity contribution is 5.59. The molecule has 19 heavy (non-hydrogen) atoms. The zero-order chi connectivity index (χ0) is 14.0. The van der Waals surface area contributed by atoms with Gasteiger partial charge in [0.1, 0.15) is 11.6 Å². The Kier molecular flexibility index (Phi) is 3.53. The summed E-state index contributed by atoms with van der Waals surface area (Å²) in [6.45, 7) is 0.868. The third-order valence-corrected chi connectivity index (χ3v) is 2.58. The summed E-state index contributed by atoms with van der Waals surface area (Å²) in [5.41, 5.74) is 6.97. The Hall–Kier alpha value is -1.95. The molecule has 0 amide bonds. The van der Waals surface area contributed by atoms with Crippen LogP contribution in [0.25, 0.3) is 11.3 Å². The van der Waals surface area contributed by atoms with Crippen molar-refractivity contribution >= 4 is 0 Å². The quantitative estimate of drug-likeness (QED) is 0.895. The number of nitrogens with two attached hydrogens (primary N) is 1. The first-order valence-corrected chi connectivity index (χ1v) is 5.76. The van der Waals surface area contributed by atoms with Crippen LogP contribution in [0.3, 0.4) is 0 Å². The fraction of sp³-hybridized carbons (Fsp3) is 0.308. The Morgan fingerprint density at radius 1 is 1.26 bits per heavy atom. The van der Waals surface area contributed by atoms with Crippen molar-refractivity contribution < 1.29 is 13.5 Å². The Morgan fingerprint density at radius 2 is 1.89 bits per heavy atom. The van der Waals surface area contributed by atoms with Crippen molar-refractivity contribution in [2.75, 3.05) is 0 Å². The van der Waals surface area contributed by atoms with Gasteiger partial charge in [0.2, 0.25) is 0 Å². The summed E-state index contributed by atoms with van der Waals surface area (Å²) in [4.78, 5) is 7.31. The normalized spacial score (nSPS) is 11.9. The lowest BCUT2D eigenvalue weighted by Crippen LogP contribution is -2.30. The third kappa shape index (κ3) is 3.29. The van der Waals surface area contributed by atoms with Crippen LogP contribution >= 0.6 is 0 Å². The molecule has 0 saturated heterocycles. The number of alkyl halides is 2. The number of ether oxygens (including phenoxy) is 1. The minimum atomic E-state index is -2.82. The molecule has 2 rings (SSSR count). The number of rotatable bonds is 4. The highest BCUT2D eigenvalue weighted by Crippen LogP contribution is 2.23. The number of nitrogens with zero attached hydrogens (tertiary/aromatic N) is 1. The summed E-state index contributed by atoms with van der Waals surface area (Å²) in [6.07, 6.45) is 1.66. The molecule has 0 unspecified atom stereocenters. The predicted octanol–water partition coefficient (Wildman–Crippen LogP) is 2.87. The largest absolute Gasteiger partial charge is 0.435 e. The van der Waals surface area contributed by atoms with Crippen LogP contribution in [0, 0.1) is 0 Å². The maximum Gasteiger partial charge on any atom is 0.387 e. The Labute approximate surface area is 109 Å². The molecular formula is C13H15F2N3O. The van der Waals surface area contributed by atoms with Crippen LogP contribution in [0.4, 0.5) is 8.78 Å². The first-order chi connectivity index (χ1) is 8.86.